The molecule has 6 heteroatoms. The van der Waals surface area contributed by atoms with Gasteiger partial charge in [-0.05, 0) is 36.1 Å². The number of anilines is 1. The minimum Gasteiger partial charge on any atom is -0.452 e. The fourth-order valence-corrected chi connectivity index (χ4v) is 2.78. The van der Waals surface area contributed by atoms with Crippen molar-refractivity contribution in [3.05, 3.63) is 59.7 Å². The van der Waals surface area contributed by atoms with Crippen LogP contribution in [0.25, 0.3) is 0 Å². The molecule has 0 aliphatic carbocycles. The van der Waals surface area contributed by atoms with Crippen LogP contribution in [0.2, 0.25) is 0 Å². The van der Waals surface area contributed by atoms with Crippen molar-refractivity contribution in [3.8, 4) is 6.07 Å². The van der Waals surface area contributed by atoms with E-state index >= 15 is 0 Å². The van der Waals surface area contributed by atoms with Crippen LogP contribution in [-0.4, -0.2) is 24.2 Å². The second-order valence-electron chi connectivity index (χ2n) is 4.75. The monoisotopic (exact) mass is 340 g/mol. The van der Waals surface area contributed by atoms with Crippen LogP contribution in [0.15, 0.2) is 53.4 Å². The zero-order chi connectivity index (χ0) is 17.4. The van der Waals surface area contributed by atoms with Crippen molar-refractivity contribution in [2.45, 2.75) is 11.8 Å². The Labute approximate surface area is 144 Å². The molecule has 0 bridgehead atoms. The minimum absolute atomic E-state index is 0.388. The Hall–Kier alpha value is -2.78. The van der Waals surface area contributed by atoms with Gasteiger partial charge in [0.1, 0.15) is 0 Å². The molecule has 1 N–H and O–H groups in total. The van der Waals surface area contributed by atoms with Crippen molar-refractivity contribution in [1.29, 1.82) is 5.26 Å². The zero-order valence-corrected chi connectivity index (χ0v) is 13.9. The van der Waals surface area contributed by atoms with Crippen LogP contribution >= 0.6 is 11.8 Å². The standard InChI is InChI=1S/C18H16N2O3S/c1-2-24-16-9-4-3-8-15(16)18(22)23-12-17(21)20-14-7-5-6-13(10-14)11-19/h3-10H,2,12H2,1H3,(H,20,21). The van der Waals surface area contributed by atoms with E-state index in [0.29, 0.717) is 16.8 Å². The van der Waals surface area contributed by atoms with Gasteiger partial charge in [-0.1, -0.05) is 25.1 Å². The normalized spacial score (nSPS) is 9.83. The number of rotatable bonds is 6. The van der Waals surface area contributed by atoms with Crippen LogP contribution in [0.5, 0.6) is 0 Å². The van der Waals surface area contributed by atoms with Crippen molar-refractivity contribution in [2.24, 2.45) is 0 Å². The third kappa shape index (κ3) is 4.86. The predicted octanol–water partition coefficient (Wildman–Crippen LogP) is 3.47. The van der Waals surface area contributed by atoms with Crippen molar-refractivity contribution in [1.82, 2.24) is 0 Å². The molecule has 0 heterocycles. The number of carbonyl (C=O) groups excluding carboxylic acids is 2. The highest BCUT2D eigenvalue weighted by atomic mass is 32.2. The number of benzene rings is 2. The number of thioether (sulfide) groups is 1. The number of carbonyl (C=O) groups is 2. The lowest BCUT2D eigenvalue weighted by atomic mass is 10.2. The molecule has 0 spiro atoms. The summed E-state index contributed by atoms with van der Waals surface area (Å²) in [5, 5.41) is 11.4. The Morgan fingerprint density at radius 2 is 2.00 bits per heavy atom. The molecule has 0 radical (unpaired) electrons. The molecule has 0 atom stereocenters. The van der Waals surface area contributed by atoms with Crippen LogP contribution in [-0.2, 0) is 9.53 Å². The summed E-state index contributed by atoms with van der Waals surface area (Å²) in [6.07, 6.45) is 0. The summed E-state index contributed by atoms with van der Waals surface area (Å²) in [6, 6.07) is 15.6. The van der Waals surface area contributed by atoms with Crippen LogP contribution in [0.3, 0.4) is 0 Å². The van der Waals surface area contributed by atoms with Gasteiger partial charge in [0.05, 0.1) is 17.2 Å². The summed E-state index contributed by atoms with van der Waals surface area (Å²) in [5.74, 6) is -0.161. The first-order valence-electron chi connectivity index (χ1n) is 7.33. The fraction of sp³-hybridized carbons (Fsp3) is 0.167. The van der Waals surface area contributed by atoms with Crippen molar-refractivity contribution in [2.75, 3.05) is 17.7 Å². The SMILES string of the molecule is CCSc1ccccc1C(=O)OCC(=O)Nc1cccc(C#N)c1. The Morgan fingerprint density at radius 3 is 2.75 bits per heavy atom. The first kappa shape index (κ1) is 17.6. The number of nitriles is 1. The van der Waals surface area contributed by atoms with E-state index in [9.17, 15) is 9.59 Å². The largest absolute Gasteiger partial charge is 0.452 e. The molecule has 24 heavy (non-hydrogen) atoms. The highest BCUT2D eigenvalue weighted by Gasteiger charge is 2.14. The third-order valence-electron chi connectivity index (χ3n) is 3.02. The molecule has 0 aromatic heterocycles. The second-order valence-corrected chi connectivity index (χ2v) is 6.05. The van der Waals surface area contributed by atoms with Gasteiger partial charge in [0.25, 0.3) is 5.91 Å². The van der Waals surface area contributed by atoms with E-state index in [2.05, 4.69) is 5.32 Å². The van der Waals surface area contributed by atoms with E-state index in [-0.39, 0.29) is 6.61 Å². The summed E-state index contributed by atoms with van der Waals surface area (Å²) in [6.45, 7) is 1.61. The summed E-state index contributed by atoms with van der Waals surface area (Å²) in [7, 11) is 0. The number of esters is 1. The molecule has 0 unspecified atom stereocenters. The lowest BCUT2D eigenvalue weighted by molar-refractivity contribution is -0.119. The summed E-state index contributed by atoms with van der Waals surface area (Å²) < 4.78 is 5.08. The van der Waals surface area contributed by atoms with Gasteiger partial charge in [-0.15, -0.1) is 11.8 Å². The molecule has 2 rings (SSSR count). The van der Waals surface area contributed by atoms with Gasteiger partial charge in [-0.25, -0.2) is 4.79 Å². The molecule has 122 valence electrons. The lowest BCUT2D eigenvalue weighted by Crippen LogP contribution is -2.21. The number of hydrogen-bond acceptors (Lipinski definition) is 5. The maximum atomic E-state index is 12.1. The minimum atomic E-state index is -0.535. The predicted molar refractivity (Wildman–Crippen MR) is 92.9 cm³/mol. The smallest absolute Gasteiger partial charge is 0.339 e. The van der Waals surface area contributed by atoms with Gasteiger partial charge in [0.2, 0.25) is 0 Å². The van der Waals surface area contributed by atoms with E-state index in [1.165, 1.54) is 11.8 Å². The Kier molecular flexibility index (Phi) is 6.41. The van der Waals surface area contributed by atoms with E-state index in [1.54, 1.807) is 36.4 Å². The number of nitrogens with one attached hydrogen (secondary N) is 1. The summed E-state index contributed by atoms with van der Waals surface area (Å²) in [4.78, 5) is 24.8. The van der Waals surface area contributed by atoms with Crippen LogP contribution in [0, 0.1) is 11.3 Å². The summed E-state index contributed by atoms with van der Waals surface area (Å²) >= 11 is 1.54. The Balaban J connectivity index is 1.94. The fourth-order valence-electron chi connectivity index (χ4n) is 1.99. The maximum absolute atomic E-state index is 12.1. The van der Waals surface area contributed by atoms with E-state index in [4.69, 9.17) is 10.00 Å². The van der Waals surface area contributed by atoms with Crippen molar-refractivity contribution < 1.29 is 14.3 Å². The molecule has 5 nitrogen and oxygen atoms in total. The number of hydrogen-bond donors (Lipinski definition) is 1. The molecule has 0 fully saturated rings. The molecule has 2 aromatic rings. The molecular formula is C18H16N2O3S. The van der Waals surface area contributed by atoms with Crippen LogP contribution in [0.4, 0.5) is 5.69 Å². The third-order valence-corrected chi connectivity index (χ3v) is 3.97. The van der Waals surface area contributed by atoms with Crippen molar-refractivity contribution in [3.63, 3.8) is 0 Å². The molecule has 1 amide bonds. The quantitative estimate of drug-likeness (QED) is 0.643. The van der Waals surface area contributed by atoms with Crippen LogP contribution < -0.4 is 5.32 Å². The van der Waals surface area contributed by atoms with Gasteiger partial charge in [0, 0.05) is 10.6 Å². The number of nitrogens with zero attached hydrogens (tertiary/aromatic N) is 1. The second kappa shape index (κ2) is 8.75. The lowest BCUT2D eigenvalue weighted by Gasteiger charge is -2.09. The van der Waals surface area contributed by atoms with Gasteiger partial charge < -0.3 is 10.1 Å². The van der Waals surface area contributed by atoms with E-state index in [0.717, 1.165) is 10.6 Å². The Morgan fingerprint density at radius 1 is 1.21 bits per heavy atom. The molecule has 0 saturated heterocycles. The Bertz CT molecular complexity index is 784. The topological polar surface area (TPSA) is 79.2 Å². The molecule has 0 aliphatic heterocycles. The number of amides is 1. The van der Waals surface area contributed by atoms with Crippen LogP contribution in [0.1, 0.15) is 22.8 Å². The highest BCUT2D eigenvalue weighted by molar-refractivity contribution is 7.99. The molecule has 2 aromatic carbocycles. The average molecular weight is 340 g/mol. The van der Waals surface area contributed by atoms with Gasteiger partial charge in [-0.2, -0.15) is 5.26 Å². The van der Waals surface area contributed by atoms with Gasteiger partial charge >= 0.3 is 5.97 Å². The molecule has 0 aliphatic rings. The molecular weight excluding hydrogens is 324 g/mol. The molecule has 0 saturated carbocycles. The highest BCUT2D eigenvalue weighted by Crippen LogP contribution is 2.22. The maximum Gasteiger partial charge on any atom is 0.339 e. The van der Waals surface area contributed by atoms with Gasteiger partial charge in [0.15, 0.2) is 6.61 Å². The average Bonchev–Trinajstić information content (AvgIpc) is 2.60. The first-order valence-corrected chi connectivity index (χ1v) is 8.31. The number of ether oxygens (including phenoxy) is 1. The van der Waals surface area contributed by atoms with Gasteiger partial charge in [-0.3, -0.25) is 4.79 Å². The van der Waals surface area contributed by atoms with E-state index in [1.807, 2.05) is 25.1 Å². The van der Waals surface area contributed by atoms with E-state index < -0.39 is 11.9 Å². The zero-order valence-electron chi connectivity index (χ0n) is 13.1. The summed E-state index contributed by atoms with van der Waals surface area (Å²) in [5.41, 5.74) is 1.37. The first-order chi connectivity index (χ1) is 11.6. The van der Waals surface area contributed by atoms with Crippen molar-refractivity contribution >= 4 is 29.3 Å².